The highest BCUT2D eigenvalue weighted by Crippen LogP contribution is 2.52. The molecule has 18 rings (SSSR count). The molecule has 1 amide bonds. The van der Waals surface area contributed by atoms with Crippen molar-refractivity contribution in [2.75, 3.05) is 200 Å². The van der Waals surface area contributed by atoms with Crippen LogP contribution >= 0.6 is 11.6 Å². The highest BCUT2D eigenvalue weighted by atomic mass is 35.5. The number of piperidine rings is 2. The van der Waals surface area contributed by atoms with Crippen molar-refractivity contribution in [3.05, 3.63) is 256 Å². The number of hydrogen-bond acceptors (Lipinski definition) is 31. The number of hydrogen-bond donors (Lipinski definition) is 3. The molecule has 0 bridgehead atoms. The Morgan fingerprint density at radius 2 is 0.784 bits per heavy atom. The van der Waals surface area contributed by atoms with Gasteiger partial charge in [0.05, 0.1) is 110 Å². The first-order chi connectivity index (χ1) is 71.1. The lowest BCUT2D eigenvalue weighted by molar-refractivity contribution is -0.152. The fourth-order valence-electron chi connectivity index (χ4n) is 22.0. The second kappa shape index (κ2) is 51.0. The van der Waals surface area contributed by atoms with Gasteiger partial charge in [-0.05, 0) is 230 Å². The van der Waals surface area contributed by atoms with E-state index in [1.165, 1.54) is 40.1 Å². The quantitative estimate of drug-likeness (QED) is 0.0272. The summed E-state index contributed by atoms with van der Waals surface area (Å²) in [6.07, 6.45) is 11.3. The Bertz CT molecular complexity index is 6100. The van der Waals surface area contributed by atoms with Crippen molar-refractivity contribution in [1.82, 2.24) is 55.4 Å². The van der Waals surface area contributed by atoms with Gasteiger partial charge in [-0.3, -0.25) is 28.8 Å². The fourth-order valence-corrected chi connectivity index (χ4v) is 22.1. The third-order valence-corrected chi connectivity index (χ3v) is 30.5. The van der Waals surface area contributed by atoms with Crippen molar-refractivity contribution in [3.8, 4) is 23.0 Å². The number of carbonyl (C=O) groups excluding carboxylic acids is 5. The van der Waals surface area contributed by atoms with Crippen LogP contribution in [0.5, 0.6) is 23.0 Å². The van der Waals surface area contributed by atoms with Gasteiger partial charge in [0.25, 0.3) is 0 Å². The number of nitrogens with zero attached hydrogens (tertiary/aromatic N) is 14. The van der Waals surface area contributed by atoms with Crippen LogP contribution < -0.4 is 54.1 Å². The Morgan fingerprint density at radius 3 is 1.16 bits per heavy atom. The number of halogens is 3. The van der Waals surface area contributed by atoms with E-state index in [4.69, 9.17) is 64.0 Å². The molecule has 3 N–H and O–H groups in total. The third kappa shape index (κ3) is 26.7. The van der Waals surface area contributed by atoms with Crippen LogP contribution in [-0.4, -0.2) is 274 Å². The number of methoxy groups -OCH3 is 10. The molecule has 0 aliphatic carbocycles. The number of aromatic nitrogens is 8. The largest absolute Gasteiger partial charge is 0.497 e. The summed E-state index contributed by atoms with van der Waals surface area (Å²) >= 11 is 5.49. The van der Waals surface area contributed by atoms with Gasteiger partial charge in [0.2, 0.25) is 5.91 Å². The van der Waals surface area contributed by atoms with E-state index in [9.17, 15) is 37.9 Å². The summed E-state index contributed by atoms with van der Waals surface area (Å²) in [5, 5.41) is 17.1. The van der Waals surface area contributed by atoms with E-state index < -0.39 is 27.6 Å². The first-order valence-electron chi connectivity index (χ1n) is 50.1. The first kappa shape index (κ1) is 112. The molecule has 792 valence electrons. The lowest BCUT2D eigenvalue weighted by atomic mass is 9.74. The zero-order valence-electron chi connectivity index (χ0n) is 88.0. The van der Waals surface area contributed by atoms with Gasteiger partial charge in [-0.2, -0.15) is 0 Å². The number of aliphatic carboxylic acids is 1. The topological polar surface area (TPSA) is 362 Å². The average molecular weight is 2060 g/mol. The molecule has 0 radical (unpaired) electrons. The zero-order chi connectivity index (χ0) is 106. The van der Waals surface area contributed by atoms with Crippen molar-refractivity contribution >= 4 is 76.2 Å². The summed E-state index contributed by atoms with van der Waals surface area (Å²) < 4.78 is 80.5. The van der Waals surface area contributed by atoms with Crippen LogP contribution in [0.15, 0.2) is 183 Å². The molecule has 12 atom stereocenters. The van der Waals surface area contributed by atoms with Crippen LogP contribution in [0.4, 0.5) is 37.6 Å². The second-order valence-electron chi connectivity index (χ2n) is 39.8. The van der Waals surface area contributed by atoms with E-state index in [0.717, 1.165) is 125 Å². The Morgan fingerprint density at radius 1 is 0.412 bits per heavy atom. The summed E-state index contributed by atoms with van der Waals surface area (Å²) in [4.78, 5) is 122. The highest BCUT2D eigenvalue weighted by molar-refractivity contribution is 6.29. The van der Waals surface area contributed by atoms with E-state index in [1.807, 2.05) is 160 Å². The zero-order valence-corrected chi connectivity index (χ0v) is 88.8. The van der Waals surface area contributed by atoms with Crippen molar-refractivity contribution in [1.29, 1.82) is 0 Å². The molecular weight excluding hydrogens is 1910 g/mol. The van der Waals surface area contributed by atoms with E-state index >= 15 is 4.79 Å². The van der Waals surface area contributed by atoms with Gasteiger partial charge in [-0.15, -0.1) is 0 Å². The Hall–Kier alpha value is -13.4. The maximum absolute atomic E-state index is 15.0. The van der Waals surface area contributed by atoms with Crippen molar-refractivity contribution in [2.45, 2.75) is 142 Å². The SMILES string of the molecule is COC(=O)[C@]1(C)CN(c2ccnc(C)n2)C[C@H]1c1ccc(OC)cc1.COC(=O)[C@]1(C)CNC[C@H]1c1ccc(OC)cc1.COC[C@@H]1C[C@@H](c2ccc(F)cc2N2CCC(C(=O)OC)CC2)CN1.COC[C@@H]1C[C@@H](c2ccc(F)cc2N2CCC(C(=O)OC)CC2)CN1C(=O)[C@]1(C)CN(c2ccnc(C)n2)C[C@H]1c1ccc(OC)cc1.COc1ccc([C@@H]2CN(c3ccnc(C)n3)C[C@@]2(C)C(=O)O)cc1.Cc1nccc(Cl)n1. The Labute approximate surface area is 871 Å². The lowest BCUT2D eigenvalue weighted by Crippen LogP contribution is -2.49. The summed E-state index contributed by atoms with van der Waals surface area (Å²) in [5.74, 6) is 6.45. The highest BCUT2D eigenvalue weighted by Gasteiger charge is 2.56. The number of carbonyl (C=O) groups is 6. The Kier molecular flexibility index (Phi) is 38.6. The predicted molar refractivity (Wildman–Crippen MR) is 561 cm³/mol. The molecule has 8 aliphatic heterocycles. The summed E-state index contributed by atoms with van der Waals surface area (Å²) in [5.41, 5.74) is 5.49. The van der Waals surface area contributed by atoms with Crippen LogP contribution in [-0.2, 0) is 57.2 Å². The monoisotopic (exact) mass is 2060 g/mol. The van der Waals surface area contributed by atoms with Gasteiger partial charge < -0.3 is 92.5 Å². The number of nitrogens with one attached hydrogen (secondary N) is 2. The molecule has 0 unspecified atom stereocenters. The minimum Gasteiger partial charge on any atom is -0.497 e. The van der Waals surface area contributed by atoms with E-state index in [0.29, 0.717) is 138 Å². The average Bonchev–Trinajstić information content (AvgIpc) is 1.59. The summed E-state index contributed by atoms with van der Waals surface area (Å²) in [6, 6.07) is 48.9. The number of rotatable bonds is 25. The number of amides is 1. The number of anilines is 5. The van der Waals surface area contributed by atoms with Gasteiger partial charge in [-0.25, -0.2) is 48.7 Å². The number of carboxylic acids is 1. The van der Waals surface area contributed by atoms with Gasteiger partial charge in [0.1, 0.15) is 80.5 Å². The standard InChI is InChI=1S/C37H46FN5O5.C19H27FN2O3.C19H23N3O3.C18H21N3O3.C14H19NO3.C5H5ClN2/c1-24-39-15-12-34(40-24)42-21-32(25-6-9-30(47-4)10-7-25)37(2,23-42)36(45)43-20-27(18-29(43)22-46-3)31-11-8-28(38)19-33(31)41-16-13-26(14-17-41)35(44)48-5;1-24-12-16-9-14(11-21-16)17-4-3-15(20)10-18(17)22-7-5-13(6-8-22)19(23)25-2;1-13-20-10-9-17(21-13)22-11-16(19(2,12-22)18(23)25-4)14-5-7-15(24-3)8-6-14;1-12-19-9-8-16(20-12)21-10-15(18(2,11-21)17(22)23)13-4-6-14(24-3)7-5-13;1-14(13(16)18-3)9-15-8-12(14)10-4-6-11(17-2)7-5-10;1-4-7-3-2-5(6)8-4/h6-12,15,19,26-27,29,32H,13-14,16-18,20-23H2,1-5H3;3-4,10,13-14,16,21H,5-9,11-12H2,1-2H3;5-10,16H,11-12H2,1-4H3;4-9,15H,10-11H2,1-3H3,(H,22,23);4-7,12,15H,8-9H2,1-3H3;2-3H,1H3/t27-,29+,32+,37-;14-,16+;16-,19+;15-,18+;12-,14+;/m11000./s1. The molecule has 33 nitrogen and oxygen atoms in total. The molecule has 0 spiro atoms. The third-order valence-electron chi connectivity index (χ3n) is 30.3. The lowest BCUT2D eigenvalue weighted by Gasteiger charge is -2.36. The minimum atomic E-state index is -0.882. The normalized spacial score (nSPS) is 23.5. The molecule has 10 aromatic rings. The summed E-state index contributed by atoms with van der Waals surface area (Å²) in [7, 11) is 15.7. The summed E-state index contributed by atoms with van der Waals surface area (Å²) in [6.45, 7) is 25.2. The van der Waals surface area contributed by atoms with Crippen LogP contribution in [0.3, 0.4) is 0 Å². The molecule has 8 saturated heterocycles. The number of esters is 4. The number of likely N-dealkylation sites (tertiary alicyclic amines) is 1. The molecule has 4 aromatic heterocycles. The maximum Gasteiger partial charge on any atom is 0.314 e. The van der Waals surface area contributed by atoms with Crippen LogP contribution in [0.1, 0.15) is 158 Å². The van der Waals surface area contributed by atoms with Crippen molar-refractivity contribution in [2.24, 2.45) is 33.5 Å². The van der Waals surface area contributed by atoms with Crippen molar-refractivity contribution in [3.63, 3.8) is 0 Å². The van der Waals surface area contributed by atoms with Crippen LogP contribution in [0.25, 0.3) is 0 Å². The molecule has 12 heterocycles. The van der Waals surface area contributed by atoms with E-state index in [1.54, 1.807) is 106 Å². The second-order valence-corrected chi connectivity index (χ2v) is 40.2. The smallest absolute Gasteiger partial charge is 0.314 e. The molecule has 8 aliphatic rings. The van der Waals surface area contributed by atoms with Gasteiger partial charge in [-0.1, -0.05) is 72.3 Å². The Balaban J connectivity index is 0.000000158. The molecular formula is C112H141ClF2N16O17. The molecule has 6 aromatic carbocycles. The predicted octanol–water partition coefficient (Wildman–Crippen LogP) is 15.3. The van der Waals surface area contributed by atoms with Gasteiger partial charge in [0, 0.05) is 178 Å². The number of aryl methyl sites for hydroxylation is 4. The number of ether oxygens (including phenoxy) is 10. The number of carboxylic acid groups (broad SMARTS) is 1. The van der Waals surface area contributed by atoms with Crippen molar-refractivity contribution < 1.29 is 90.0 Å². The van der Waals surface area contributed by atoms with Crippen LogP contribution in [0.2, 0.25) is 5.15 Å². The number of benzene rings is 6. The molecule has 0 saturated carbocycles. The fraction of sp³-hybridized carbons (Fsp3) is 0.482. The van der Waals surface area contributed by atoms with Gasteiger partial charge in [0.15, 0.2) is 0 Å². The molecule has 148 heavy (non-hydrogen) atoms. The van der Waals surface area contributed by atoms with Crippen LogP contribution in [0, 0.1) is 72.8 Å². The minimum absolute atomic E-state index is 0.00104. The maximum atomic E-state index is 15.0. The van der Waals surface area contributed by atoms with Gasteiger partial charge >= 0.3 is 29.8 Å². The molecule has 8 fully saturated rings. The van der Waals surface area contributed by atoms with E-state index in [-0.39, 0.29) is 88.9 Å². The first-order valence-corrected chi connectivity index (χ1v) is 50.5. The molecule has 36 heteroatoms. The van der Waals surface area contributed by atoms with E-state index in [2.05, 4.69) is 84.2 Å².